The molecule has 0 aliphatic carbocycles. The van der Waals surface area contributed by atoms with Gasteiger partial charge in [0, 0.05) is 0 Å². The Labute approximate surface area is 55.9 Å². The van der Waals surface area contributed by atoms with Crippen molar-refractivity contribution in [1.29, 1.82) is 5.26 Å². The molecule has 1 rings (SSSR count). The van der Waals surface area contributed by atoms with Crippen LogP contribution in [0.1, 0.15) is 19.8 Å². The highest BCUT2D eigenvalue weighted by Crippen LogP contribution is 2.13. The second-order valence-corrected chi connectivity index (χ2v) is 2.77. The van der Waals surface area contributed by atoms with Crippen LogP contribution in [-0.2, 0) is 0 Å². The molecular formula is C7H12N2. The van der Waals surface area contributed by atoms with Crippen LogP contribution in [0.4, 0.5) is 0 Å². The van der Waals surface area contributed by atoms with Crippen molar-refractivity contribution in [3.05, 3.63) is 0 Å². The average Bonchev–Trinajstić information content (AvgIpc) is 1.88. The summed E-state index contributed by atoms with van der Waals surface area (Å²) < 4.78 is 0. The Morgan fingerprint density at radius 3 is 2.89 bits per heavy atom. The van der Waals surface area contributed by atoms with Crippen molar-refractivity contribution in [2.24, 2.45) is 5.92 Å². The largest absolute Gasteiger partial charge is 0.302 e. The first-order valence-electron chi connectivity index (χ1n) is 3.46. The lowest BCUT2D eigenvalue weighted by Crippen LogP contribution is -2.35. The second-order valence-electron chi connectivity index (χ2n) is 2.77. The number of hydrogen-bond donors (Lipinski definition) is 1. The molecule has 0 unspecified atom stereocenters. The minimum atomic E-state index is 0.119. The van der Waals surface area contributed by atoms with Gasteiger partial charge in [0.1, 0.15) is 0 Å². The van der Waals surface area contributed by atoms with Crippen LogP contribution in [-0.4, -0.2) is 12.6 Å². The van der Waals surface area contributed by atoms with Gasteiger partial charge < -0.3 is 5.32 Å². The molecule has 0 spiro atoms. The van der Waals surface area contributed by atoms with Crippen molar-refractivity contribution in [1.82, 2.24) is 5.32 Å². The smallest absolute Gasteiger partial charge is 0.0955 e. The first kappa shape index (κ1) is 6.57. The molecule has 2 nitrogen and oxygen atoms in total. The molecule has 0 bridgehead atoms. The Morgan fingerprint density at radius 1 is 1.67 bits per heavy atom. The lowest BCUT2D eigenvalue weighted by molar-refractivity contribution is 0.361. The zero-order chi connectivity index (χ0) is 6.69. The Morgan fingerprint density at radius 2 is 2.44 bits per heavy atom. The van der Waals surface area contributed by atoms with Crippen LogP contribution in [0.5, 0.6) is 0 Å². The maximum Gasteiger partial charge on any atom is 0.0955 e. The molecule has 50 valence electrons. The number of hydrogen-bond acceptors (Lipinski definition) is 2. The van der Waals surface area contributed by atoms with E-state index in [1.165, 1.54) is 6.42 Å². The predicted molar refractivity (Wildman–Crippen MR) is 35.8 cm³/mol. The van der Waals surface area contributed by atoms with Gasteiger partial charge in [0.2, 0.25) is 0 Å². The van der Waals surface area contributed by atoms with Gasteiger partial charge in [0.25, 0.3) is 0 Å². The van der Waals surface area contributed by atoms with Gasteiger partial charge in [-0.05, 0) is 25.3 Å². The summed E-state index contributed by atoms with van der Waals surface area (Å²) in [7, 11) is 0. The fourth-order valence-electron chi connectivity index (χ4n) is 1.21. The predicted octanol–water partition coefficient (Wildman–Crippen LogP) is 0.898. The summed E-state index contributed by atoms with van der Waals surface area (Å²) in [5, 5.41) is 11.6. The van der Waals surface area contributed by atoms with Gasteiger partial charge in [-0.2, -0.15) is 5.26 Å². The molecule has 0 aromatic rings. The summed E-state index contributed by atoms with van der Waals surface area (Å²) in [5.74, 6) is 0.732. The van der Waals surface area contributed by atoms with Gasteiger partial charge in [0.05, 0.1) is 12.1 Å². The zero-order valence-electron chi connectivity index (χ0n) is 5.72. The molecule has 2 heteroatoms. The van der Waals surface area contributed by atoms with Crippen molar-refractivity contribution >= 4 is 0 Å². The number of rotatable bonds is 0. The molecule has 1 fully saturated rings. The van der Waals surface area contributed by atoms with Gasteiger partial charge in [-0.3, -0.25) is 0 Å². The summed E-state index contributed by atoms with van der Waals surface area (Å²) in [4.78, 5) is 0. The van der Waals surface area contributed by atoms with Crippen LogP contribution < -0.4 is 5.32 Å². The lowest BCUT2D eigenvalue weighted by Gasteiger charge is -2.22. The van der Waals surface area contributed by atoms with Crippen molar-refractivity contribution in [3.8, 4) is 6.07 Å². The summed E-state index contributed by atoms with van der Waals surface area (Å²) in [6, 6.07) is 2.34. The Bertz CT molecular complexity index is 125. The standard InChI is InChI=1S/C7H12N2/c1-6-2-3-9-7(4-6)5-8/h6-7,9H,2-4H2,1H3/t6-,7+/m0/s1. The highest BCUT2D eigenvalue weighted by atomic mass is 14.9. The fraction of sp³-hybridized carbons (Fsp3) is 0.857. The highest BCUT2D eigenvalue weighted by Gasteiger charge is 2.16. The summed E-state index contributed by atoms with van der Waals surface area (Å²) >= 11 is 0. The van der Waals surface area contributed by atoms with Crippen LogP contribution in [0.2, 0.25) is 0 Å². The van der Waals surface area contributed by atoms with E-state index in [9.17, 15) is 0 Å². The highest BCUT2D eigenvalue weighted by molar-refractivity contribution is 4.93. The maximum atomic E-state index is 8.50. The van der Waals surface area contributed by atoms with Gasteiger partial charge in [0.15, 0.2) is 0 Å². The van der Waals surface area contributed by atoms with Crippen LogP contribution in [0.3, 0.4) is 0 Å². The van der Waals surface area contributed by atoms with Gasteiger partial charge >= 0.3 is 0 Å². The van der Waals surface area contributed by atoms with Gasteiger partial charge in [-0.15, -0.1) is 0 Å². The van der Waals surface area contributed by atoms with Crippen molar-refractivity contribution in [3.63, 3.8) is 0 Å². The molecule has 2 atom stereocenters. The first-order valence-corrected chi connectivity index (χ1v) is 3.46. The molecule has 1 N–H and O–H groups in total. The third-order valence-electron chi connectivity index (χ3n) is 1.82. The molecule has 0 amide bonds. The molecule has 9 heavy (non-hydrogen) atoms. The molecule has 1 heterocycles. The average molecular weight is 124 g/mol. The van der Waals surface area contributed by atoms with E-state index in [4.69, 9.17) is 5.26 Å². The second kappa shape index (κ2) is 2.84. The zero-order valence-corrected chi connectivity index (χ0v) is 5.72. The van der Waals surface area contributed by atoms with E-state index >= 15 is 0 Å². The van der Waals surface area contributed by atoms with Crippen molar-refractivity contribution in [2.45, 2.75) is 25.8 Å². The summed E-state index contributed by atoms with van der Waals surface area (Å²) in [5.41, 5.74) is 0. The molecule has 0 aromatic heterocycles. The molecule has 1 saturated heterocycles. The molecule has 0 radical (unpaired) electrons. The third kappa shape index (κ3) is 1.69. The van der Waals surface area contributed by atoms with Gasteiger partial charge in [-0.1, -0.05) is 6.92 Å². The van der Waals surface area contributed by atoms with E-state index in [1.54, 1.807) is 0 Å². The topological polar surface area (TPSA) is 35.8 Å². The third-order valence-corrected chi connectivity index (χ3v) is 1.82. The molecule has 0 aromatic carbocycles. The quantitative estimate of drug-likeness (QED) is 0.520. The Hall–Kier alpha value is -0.550. The minimum Gasteiger partial charge on any atom is -0.302 e. The Kier molecular flexibility index (Phi) is 2.07. The minimum absolute atomic E-state index is 0.119. The number of nitrogens with zero attached hydrogens (tertiary/aromatic N) is 1. The lowest BCUT2D eigenvalue weighted by atomic mass is 9.95. The number of piperidine rings is 1. The van der Waals surface area contributed by atoms with E-state index in [2.05, 4.69) is 18.3 Å². The van der Waals surface area contributed by atoms with E-state index in [-0.39, 0.29) is 6.04 Å². The van der Waals surface area contributed by atoms with Crippen molar-refractivity contribution < 1.29 is 0 Å². The van der Waals surface area contributed by atoms with E-state index in [0.29, 0.717) is 0 Å². The van der Waals surface area contributed by atoms with Crippen molar-refractivity contribution in [2.75, 3.05) is 6.54 Å². The van der Waals surface area contributed by atoms with Gasteiger partial charge in [-0.25, -0.2) is 0 Å². The maximum absolute atomic E-state index is 8.50. The Balaban J connectivity index is 2.34. The van der Waals surface area contributed by atoms with Crippen LogP contribution in [0.15, 0.2) is 0 Å². The summed E-state index contributed by atoms with van der Waals surface area (Å²) in [6.45, 7) is 3.21. The molecule has 1 aliphatic rings. The molecular weight excluding hydrogens is 112 g/mol. The monoisotopic (exact) mass is 124 g/mol. The van der Waals surface area contributed by atoms with E-state index in [0.717, 1.165) is 18.9 Å². The van der Waals surface area contributed by atoms with E-state index < -0.39 is 0 Å². The van der Waals surface area contributed by atoms with Crippen LogP contribution in [0.25, 0.3) is 0 Å². The van der Waals surface area contributed by atoms with Crippen LogP contribution in [0, 0.1) is 17.2 Å². The number of nitrogens with one attached hydrogen (secondary N) is 1. The van der Waals surface area contributed by atoms with Crippen LogP contribution >= 0.6 is 0 Å². The molecule has 1 aliphatic heterocycles. The SMILES string of the molecule is C[C@H]1CCN[C@@H](C#N)C1. The molecule has 0 saturated carbocycles. The first-order chi connectivity index (χ1) is 4.33. The normalized spacial score (nSPS) is 35.6. The fourth-order valence-corrected chi connectivity index (χ4v) is 1.21. The summed E-state index contributed by atoms with van der Waals surface area (Å²) in [6.07, 6.45) is 2.24. The van der Waals surface area contributed by atoms with E-state index in [1.807, 2.05) is 0 Å². The number of nitriles is 1.